The third kappa shape index (κ3) is 4.98. The number of anilines is 3. The van der Waals surface area contributed by atoms with Gasteiger partial charge in [0.15, 0.2) is 0 Å². The highest BCUT2D eigenvalue weighted by Gasteiger charge is 2.12. The van der Waals surface area contributed by atoms with Crippen LogP contribution in [0.4, 0.5) is 21.7 Å². The number of rotatable bonds is 6. The van der Waals surface area contributed by atoms with Crippen LogP contribution in [0.2, 0.25) is 0 Å². The van der Waals surface area contributed by atoms with E-state index < -0.39 is 5.82 Å². The minimum Gasteiger partial charge on any atom is -0.325 e. The Morgan fingerprint density at radius 1 is 1.14 bits per heavy atom. The Balaban J connectivity index is 1.84. The van der Waals surface area contributed by atoms with E-state index in [1.165, 1.54) is 22.8 Å². The molecular weight excluding hydrogens is 379 g/mol. The predicted molar refractivity (Wildman–Crippen MR) is 110 cm³/mol. The molecule has 0 spiro atoms. The first-order valence-corrected chi connectivity index (χ1v) is 9.72. The van der Waals surface area contributed by atoms with E-state index in [9.17, 15) is 14.0 Å². The van der Waals surface area contributed by atoms with E-state index in [-0.39, 0.29) is 24.0 Å². The molecule has 0 aliphatic rings. The second kappa shape index (κ2) is 8.71. The van der Waals surface area contributed by atoms with Crippen molar-refractivity contribution >= 4 is 35.0 Å². The molecular formula is C20H19FN4O2S. The zero-order chi connectivity index (χ0) is 20.1. The molecule has 1 aromatic heterocycles. The SMILES string of the molecule is CSc1cccc(NC(=O)Cn2c(Nc3cccc(F)c3)nc(C)cc2=O)c1. The van der Waals surface area contributed by atoms with E-state index in [1.807, 2.05) is 24.5 Å². The van der Waals surface area contributed by atoms with Gasteiger partial charge in [0.05, 0.1) is 0 Å². The van der Waals surface area contributed by atoms with Crippen LogP contribution in [0.5, 0.6) is 0 Å². The number of thioether (sulfide) groups is 1. The number of nitrogens with one attached hydrogen (secondary N) is 2. The van der Waals surface area contributed by atoms with Crippen molar-refractivity contribution in [2.45, 2.75) is 18.4 Å². The van der Waals surface area contributed by atoms with Gasteiger partial charge in [0.25, 0.3) is 5.56 Å². The van der Waals surface area contributed by atoms with Gasteiger partial charge in [-0.05, 0) is 49.6 Å². The van der Waals surface area contributed by atoms with Gasteiger partial charge in [-0.2, -0.15) is 0 Å². The molecule has 0 aliphatic heterocycles. The molecule has 2 N–H and O–H groups in total. The number of aromatic nitrogens is 2. The second-order valence-corrected chi connectivity index (χ2v) is 6.94. The van der Waals surface area contributed by atoms with Crippen molar-refractivity contribution in [2.24, 2.45) is 0 Å². The van der Waals surface area contributed by atoms with Crippen molar-refractivity contribution in [1.29, 1.82) is 0 Å². The fourth-order valence-electron chi connectivity index (χ4n) is 2.61. The van der Waals surface area contributed by atoms with Crippen LogP contribution in [-0.2, 0) is 11.3 Å². The van der Waals surface area contributed by atoms with Crippen LogP contribution in [-0.4, -0.2) is 21.7 Å². The van der Waals surface area contributed by atoms with Crippen LogP contribution >= 0.6 is 11.8 Å². The Hall–Kier alpha value is -3.13. The molecule has 0 fully saturated rings. The van der Waals surface area contributed by atoms with Crippen molar-refractivity contribution in [3.05, 3.63) is 76.5 Å². The number of hydrogen-bond acceptors (Lipinski definition) is 5. The Morgan fingerprint density at radius 2 is 1.89 bits per heavy atom. The number of amides is 1. The summed E-state index contributed by atoms with van der Waals surface area (Å²) in [5, 5.41) is 5.69. The summed E-state index contributed by atoms with van der Waals surface area (Å²) in [5.74, 6) is -0.616. The van der Waals surface area contributed by atoms with Gasteiger partial charge in [0.1, 0.15) is 12.4 Å². The topological polar surface area (TPSA) is 76.0 Å². The van der Waals surface area contributed by atoms with E-state index in [0.717, 1.165) is 4.90 Å². The quantitative estimate of drug-likeness (QED) is 0.618. The lowest BCUT2D eigenvalue weighted by Crippen LogP contribution is -2.30. The fraction of sp³-hybridized carbons (Fsp3) is 0.150. The number of carbonyl (C=O) groups excluding carboxylic acids is 1. The number of hydrogen-bond donors (Lipinski definition) is 2. The first kappa shape index (κ1) is 19.6. The zero-order valence-corrected chi connectivity index (χ0v) is 16.2. The summed E-state index contributed by atoms with van der Waals surface area (Å²) in [4.78, 5) is 30.2. The average molecular weight is 398 g/mol. The van der Waals surface area contributed by atoms with E-state index in [1.54, 1.807) is 36.9 Å². The molecule has 8 heteroatoms. The first-order valence-electron chi connectivity index (χ1n) is 8.49. The standard InChI is InChI=1S/C20H19FN4O2S/c1-13-9-19(27)25(20(22-13)24-15-6-3-5-14(21)10-15)12-18(26)23-16-7-4-8-17(11-16)28-2/h3-11H,12H2,1-2H3,(H,22,24)(H,23,26). The molecule has 3 rings (SSSR count). The fourth-order valence-corrected chi connectivity index (χ4v) is 3.07. The molecule has 1 heterocycles. The number of halogens is 1. The second-order valence-electron chi connectivity index (χ2n) is 6.06. The summed E-state index contributed by atoms with van der Waals surface area (Å²) in [6.45, 7) is 1.45. The molecule has 0 bridgehead atoms. The highest BCUT2D eigenvalue weighted by atomic mass is 32.2. The maximum atomic E-state index is 13.4. The predicted octanol–water partition coefficient (Wildman–Crippen LogP) is 3.80. The maximum Gasteiger partial charge on any atom is 0.255 e. The van der Waals surface area contributed by atoms with Crippen molar-refractivity contribution in [2.75, 3.05) is 16.9 Å². The summed E-state index contributed by atoms with van der Waals surface area (Å²) < 4.78 is 14.7. The lowest BCUT2D eigenvalue weighted by molar-refractivity contribution is -0.116. The minimum atomic E-state index is -0.419. The maximum absolute atomic E-state index is 13.4. The Bertz CT molecular complexity index is 1070. The highest BCUT2D eigenvalue weighted by Crippen LogP contribution is 2.19. The van der Waals surface area contributed by atoms with Crippen LogP contribution in [0.25, 0.3) is 0 Å². The van der Waals surface area contributed by atoms with E-state index in [0.29, 0.717) is 17.1 Å². The van der Waals surface area contributed by atoms with E-state index in [2.05, 4.69) is 15.6 Å². The van der Waals surface area contributed by atoms with Crippen LogP contribution in [0.15, 0.2) is 64.3 Å². The third-order valence-electron chi connectivity index (χ3n) is 3.87. The van der Waals surface area contributed by atoms with Crippen LogP contribution in [0, 0.1) is 12.7 Å². The van der Waals surface area contributed by atoms with Gasteiger partial charge in [0.2, 0.25) is 11.9 Å². The van der Waals surface area contributed by atoms with Crippen LogP contribution in [0.3, 0.4) is 0 Å². The zero-order valence-electron chi connectivity index (χ0n) is 15.4. The Kier molecular flexibility index (Phi) is 6.10. The van der Waals surface area contributed by atoms with Gasteiger partial charge in [-0.25, -0.2) is 9.37 Å². The minimum absolute atomic E-state index is 0.170. The van der Waals surface area contributed by atoms with Gasteiger partial charge in [0, 0.05) is 28.0 Å². The molecule has 6 nitrogen and oxygen atoms in total. The van der Waals surface area contributed by atoms with Crippen molar-refractivity contribution in [1.82, 2.24) is 9.55 Å². The lowest BCUT2D eigenvalue weighted by atomic mass is 10.3. The van der Waals surface area contributed by atoms with Gasteiger partial charge in [-0.15, -0.1) is 11.8 Å². The van der Waals surface area contributed by atoms with E-state index in [4.69, 9.17) is 0 Å². The number of benzene rings is 2. The number of aryl methyl sites for hydroxylation is 1. The molecule has 3 aromatic rings. The monoisotopic (exact) mass is 398 g/mol. The molecule has 0 radical (unpaired) electrons. The molecule has 2 aromatic carbocycles. The third-order valence-corrected chi connectivity index (χ3v) is 4.60. The Labute approximate surface area is 165 Å². The van der Waals surface area contributed by atoms with Crippen molar-refractivity contribution in [3.63, 3.8) is 0 Å². The lowest BCUT2D eigenvalue weighted by Gasteiger charge is -2.14. The molecule has 28 heavy (non-hydrogen) atoms. The van der Waals surface area contributed by atoms with Gasteiger partial charge < -0.3 is 10.6 Å². The summed E-state index contributed by atoms with van der Waals surface area (Å²) in [7, 11) is 0. The van der Waals surface area contributed by atoms with Crippen LogP contribution < -0.4 is 16.2 Å². The largest absolute Gasteiger partial charge is 0.325 e. The van der Waals surface area contributed by atoms with Gasteiger partial charge in [-0.1, -0.05) is 12.1 Å². The molecule has 144 valence electrons. The van der Waals surface area contributed by atoms with Crippen molar-refractivity contribution in [3.8, 4) is 0 Å². The molecule has 0 aliphatic carbocycles. The molecule has 0 saturated heterocycles. The normalized spacial score (nSPS) is 10.5. The number of carbonyl (C=O) groups is 1. The summed E-state index contributed by atoms with van der Waals surface area (Å²) in [6, 6.07) is 14.6. The summed E-state index contributed by atoms with van der Waals surface area (Å²) in [6.07, 6.45) is 1.95. The molecule has 0 saturated carbocycles. The highest BCUT2D eigenvalue weighted by molar-refractivity contribution is 7.98. The molecule has 0 unspecified atom stereocenters. The summed E-state index contributed by atoms with van der Waals surface area (Å²) >= 11 is 1.57. The number of nitrogens with zero attached hydrogens (tertiary/aromatic N) is 2. The average Bonchev–Trinajstić information content (AvgIpc) is 2.64. The van der Waals surface area contributed by atoms with Crippen LogP contribution in [0.1, 0.15) is 5.69 Å². The smallest absolute Gasteiger partial charge is 0.255 e. The Morgan fingerprint density at radius 3 is 2.64 bits per heavy atom. The van der Waals surface area contributed by atoms with Gasteiger partial charge in [-0.3, -0.25) is 14.2 Å². The molecule has 0 atom stereocenters. The van der Waals surface area contributed by atoms with Gasteiger partial charge >= 0.3 is 0 Å². The first-order chi connectivity index (χ1) is 13.4. The van der Waals surface area contributed by atoms with Crippen molar-refractivity contribution < 1.29 is 9.18 Å². The molecule has 1 amide bonds. The van der Waals surface area contributed by atoms with E-state index >= 15 is 0 Å². The summed E-state index contributed by atoms with van der Waals surface area (Å²) in [5.41, 5.74) is 1.19.